The SMILES string of the molecule is CC(C)(C)OC(Cc1ccc(N2CCCC2=O)cc1)(C(=O)O)C(=O)O. The van der Waals surface area contributed by atoms with Crippen molar-refractivity contribution in [2.45, 2.75) is 51.2 Å². The maximum atomic E-state index is 11.8. The van der Waals surface area contributed by atoms with E-state index in [0.717, 1.165) is 12.1 Å². The van der Waals surface area contributed by atoms with Crippen molar-refractivity contribution >= 4 is 23.5 Å². The Labute approximate surface area is 146 Å². The molecule has 0 bridgehead atoms. The molecule has 7 heteroatoms. The number of ether oxygens (including phenoxy) is 1. The molecule has 7 nitrogen and oxygen atoms in total. The van der Waals surface area contributed by atoms with Crippen molar-refractivity contribution in [2.75, 3.05) is 11.4 Å². The first-order valence-electron chi connectivity index (χ1n) is 8.11. The van der Waals surface area contributed by atoms with Gasteiger partial charge in [-0.3, -0.25) is 4.79 Å². The highest BCUT2D eigenvalue weighted by Gasteiger charge is 2.50. The van der Waals surface area contributed by atoms with Crippen LogP contribution in [0.2, 0.25) is 0 Å². The van der Waals surface area contributed by atoms with Crippen molar-refractivity contribution in [1.82, 2.24) is 0 Å². The standard InChI is InChI=1S/C18H23NO6/c1-17(2,3)25-18(15(21)22,16(23)24)11-12-6-8-13(9-7-12)19-10-4-5-14(19)20/h6-9H,4-5,10-11H2,1-3H3,(H,21,22)(H,23,24). The quantitative estimate of drug-likeness (QED) is 0.762. The number of hydrogen-bond donors (Lipinski definition) is 2. The van der Waals surface area contributed by atoms with Gasteiger partial charge in [0.1, 0.15) is 0 Å². The fourth-order valence-corrected chi connectivity index (χ4v) is 2.89. The number of amides is 1. The molecule has 1 amide bonds. The molecular formula is C18H23NO6. The van der Waals surface area contributed by atoms with Gasteiger partial charge in [0, 0.05) is 25.1 Å². The molecule has 2 N–H and O–H groups in total. The average Bonchev–Trinajstić information content (AvgIpc) is 2.91. The Bertz CT molecular complexity index is 660. The van der Waals surface area contributed by atoms with Crippen LogP contribution in [-0.4, -0.2) is 45.8 Å². The summed E-state index contributed by atoms with van der Waals surface area (Å²) in [5, 5.41) is 19.0. The van der Waals surface area contributed by atoms with Crippen LogP contribution < -0.4 is 4.90 Å². The van der Waals surface area contributed by atoms with Crippen molar-refractivity contribution in [3.8, 4) is 0 Å². The van der Waals surface area contributed by atoms with Crippen LogP contribution in [0.3, 0.4) is 0 Å². The van der Waals surface area contributed by atoms with E-state index in [0.29, 0.717) is 18.5 Å². The average molecular weight is 349 g/mol. The maximum Gasteiger partial charge on any atom is 0.348 e. The molecular weight excluding hydrogens is 326 g/mol. The lowest BCUT2D eigenvalue weighted by Gasteiger charge is -2.33. The monoisotopic (exact) mass is 349 g/mol. The van der Waals surface area contributed by atoms with E-state index in [1.807, 2.05) is 0 Å². The Morgan fingerprint density at radius 1 is 1.12 bits per heavy atom. The normalized spacial score (nSPS) is 15.5. The summed E-state index contributed by atoms with van der Waals surface area (Å²) in [6, 6.07) is 6.66. The molecule has 1 aliphatic rings. The molecule has 1 aliphatic heterocycles. The third-order valence-corrected chi connectivity index (χ3v) is 3.95. The first-order valence-corrected chi connectivity index (χ1v) is 8.11. The summed E-state index contributed by atoms with van der Waals surface area (Å²) in [6.45, 7) is 5.47. The second-order valence-corrected chi connectivity index (χ2v) is 7.14. The van der Waals surface area contributed by atoms with Crippen molar-refractivity contribution < 1.29 is 29.3 Å². The lowest BCUT2D eigenvalue weighted by atomic mass is 9.93. The smallest absolute Gasteiger partial charge is 0.348 e. The van der Waals surface area contributed by atoms with Gasteiger partial charge in [0.15, 0.2) is 0 Å². The number of carbonyl (C=O) groups is 3. The van der Waals surface area contributed by atoms with Crippen molar-refractivity contribution in [2.24, 2.45) is 0 Å². The number of rotatable bonds is 6. The number of carboxylic acids is 2. The first-order chi connectivity index (χ1) is 11.5. The van der Waals surface area contributed by atoms with E-state index in [4.69, 9.17) is 4.74 Å². The Balaban J connectivity index is 2.28. The minimum Gasteiger partial charge on any atom is -0.479 e. The van der Waals surface area contributed by atoms with Gasteiger partial charge in [-0.25, -0.2) is 9.59 Å². The number of hydrogen-bond acceptors (Lipinski definition) is 4. The van der Waals surface area contributed by atoms with E-state index in [1.54, 1.807) is 49.9 Å². The summed E-state index contributed by atoms with van der Waals surface area (Å²) in [4.78, 5) is 36.8. The molecule has 0 saturated carbocycles. The molecule has 0 spiro atoms. The van der Waals surface area contributed by atoms with Gasteiger partial charge < -0.3 is 19.8 Å². The Hall–Kier alpha value is -2.41. The summed E-state index contributed by atoms with van der Waals surface area (Å²) in [5.41, 5.74) is -2.09. The van der Waals surface area contributed by atoms with Crippen molar-refractivity contribution in [3.05, 3.63) is 29.8 Å². The molecule has 0 aromatic heterocycles. The number of benzene rings is 1. The largest absolute Gasteiger partial charge is 0.479 e. The van der Waals surface area contributed by atoms with E-state index >= 15 is 0 Å². The van der Waals surface area contributed by atoms with Gasteiger partial charge in [-0.15, -0.1) is 0 Å². The van der Waals surface area contributed by atoms with Crippen LogP contribution in [0, 0.1) is 0 Å². The maximum absolute atomic E-state index is 11.8. The van der Waals surface area contributed by atoms with Gasteiger partial charge in [0.25, 0.3) is 5.60 Å². The van der Waals surface area contributed by atoms with Crippen molar-refractivity contribution in [1.29, 1.82) is 0 Å². The molecule has 1 saturated heterocycles. The zero-order chi connectivity index (χ0) is 18.8. The molecule has 25 heavy (non-hydrogen) atoms. The van der Waals surface area contributed by atoms with Gasteiger partial charge in [-0.05, 0) is 44.9 Å². The van der Waals surface area contributed by atoms with E-state index < -0.39 is 23.1 Å². The van der Waals surface area contributed by atoms with E-state index in [1.165, 1.54) is 0 Å². The van der Waals surface area contributed by atoms with E-state index in [-0.39, 0.29) is 12.3 Å². The molecule has 136 valence electrons. The lowest BCUT2D eigenvalue weighted by Crippen LogP contribution is -2.54. The molecule has 1 heterocycles. The summed E-state index contributed by atoms with van der Waals surface area (Å²) in [6.07, 6.45) is 1.01. The summed E-state index contributed by atoms with van der Waals surface area (Å²) in [5.74, 6) is -3.04. The summed E-state index contributed by atoms with van der Waals surface area (Å²) in [7, 11) is 0. The highest BCUT2D eigenvalue weighted by molar-refractivity contribution is 6.02. The molecule has 0 radical (unpaired) electrons. The van der Waals surface area contributed by atoms with Crippen LogP contribution in [0.5, 0.6) is 0 Å². The highest BCUT2D eigenvalue weighted by Crippen LogP contribution is 2.28. The van der Waals surface area contributed by atoms with Gasteiger partial charge in [-0.1, -0.05) is 12.1 Å². The van der Waals surface area contributed by atoms with E-state index in [2.05, 4.69) is 0 Å². The van der Waals surface area contributed by atoms with Crippen molar-refractivity contribution in [3.63, 3.8) is 0 Å². The topological polar surface area (TPSA) is 104 Å². The molecule has 2 rings (SSSR count). The van der Waals surface area contributed by atoms with Gasteiger partial charge in [0.05, 0.1) is 5.60 Å². The number of nitrogens with zero attached hydrogens (tertiary/aromatic N) is 1. The fourth-order valence-electron chi connectivity index (χ4n) is 2.89. The highest BCUT2D eigenvalue weighted by atomic mass is 16.6. The predicted molar refractivity (Wildman–Crippen MR) is 90.6 cm³/mol. The molecule has 0 aliphatic carbocycles. The summed E-state index contributed by atoms with van der Waals surface area (Å²) >= 11 is 0. The molecule has 1 aromatic carbocycles. The van der Waals surface area contributed by atoms with Crippen LogP contribution >= 0.6 is 0 Å². The van der Waals surface area contributed by atoms with Crippen LogP contribution in [0.15, 0.2) is 24.3 Å². The Kier molecular flexibility index (Phi) is 5.17. The molecule has 1 aromatic rings. The second-order valence-electron chi connectivity index (χ2n) is 7.14. The number of aliphatic carboxylic acids is 2. The second kappa shape index (κ2) is 6.84. The first kappa shape index (κ1) is 18.9. The van der Waals surface area contributed by atoms with Crippen LogP contribution in [-0.2, 0) is 25.5 Å². The van der Waals surface area contributed by atoms with Crippen LogP contribution in [0.1, 0.15) is 39.2 Å². The number of anilines is 1. The number of carbonyl (C=O) groups excluding carboxylic acids is 1. The zero-order valence-corrected chi connectivity index (χ0v) is 14.6. The van der Waals surface area contributed by atoms with Crippen LogP contribution in [0.4, 0.5) is 5.69 Å². The summed E-state index contributed by atoms with van der Waals surface area (Å²) < 4.78 is 5.44. The minimum absolute atomic E-state index is 0.0502. The van der Waals surface area contributed by atoms with Gasteiger partial charge in [0.2, 0.25) is 5.91 Å². The van der Waals surface area contributed by atoms with E-state index in [9.17, 15) is 24.6 Å². The molecule has 0 atom stereocenters. The Morgan fingerprint density at radius 2 is 1.68 bits per heavy atom. The predicted octanol–water partition coefficient (Wildman–Crippen LogP) is 2.08. The molecule has 1 fully saturated rings. The third-order valence-electron chi connectivity index (χ3n) is 3.95. The zero-order valence-electron chi connectivity index (χ0n) is 14.6. The molecule has 0 unspecified atom stereocenters. The third kappa shape index (κ3) is 4.17. The number of carboxylic acid groups (broad SMARTS) is 2. The lowest BCUT2D eigenvalue weighted by molar-refractivity contribution is -0.199. The Morgan fingerprint density at radius 3 is 2.08 bits per heavy atom. The fraction of sp³-hybridized carbons (Fsp3) is 0.500. The minimum atomic E-state index is -2.37. The van der Waals surface area contributed by atoms with Crippen LogP contribution in [0.25, 0.3) is 0 Å². The van der Waals surface area contributed by atoms with Gasteiger partial charge in [-0.2, -0.15) is 0 Å². The van der Waals surface area contributed by atoms with Gasteiger partial charge >= 0.3 is 11.9 Å².